The Hall–Kier alpha value is -3.16. The first kappa shape index (κ1) is 24.5. The molecule has 0 aliphatic rings. The predicted octanol–water partition coefficient (Wildman–Crippen LogP) is 4.34. The van der Waals surface area contributed by atoms with E-state index in [0.717, 1.165) is 6.42 Å². The zero-order chi connectivity index (χ0) is 24.1. The maximum atomic E-state index is 12.8. The second kappa shape index (κ2) is 10.6. The number of fused-ring (bicyclic) bond motifs is 1. The first-order valence-electron chi connectivity index (χ1n) is 11.3. The van der Waals surface area contributed by atoms with E-state index in [4.69, 9.17) is 9.47 Å². The van der Waals surface area contributed by atoms with Gasteiger partial charge in [-0.2, -0.15) is 0 Å². The summed E-state index contributed by atoms with van der Waals surface area (Å²) in [5.74, 6) is 0.324. The van der Waals surface area contributed by atoms with Gasteiger partial charge in [0.1, 0.15) is 5.75 Å². The van der Waals surface area contributed by atoms with Crippen molar-refractivity contribution in [2.24, 2.45) is 0 Å². The molecule has 3 aromatic rings. The quantitative estimate of drug-likeness (QED) is 0.330. The van der Waals surface area contributed by atoms with Crippen molar-refractivity contribution in [2.75, 3.05) is 0 Å². The summed E-state index contributed by atoms with van der Waals surface area (Å²) >= 11 is 0. The van der Waals surface area contributed by atoms with Gasteiger partial charge in [-0.3, -0.25) is 4.79 Å². The maximum absolute atomic E-state index is 12.8. The molecule has 33 heavy (non-hydrogen) atoms. The Labute approximate surface area is 193 Å². The van der Waals surface area contributed by atoms with E-state index in [2.05, 4.69) is 10.3 Å². The molecule has 176 valence electrons. The average molecular weight is 453 g/mol. The van der Waals surface area contributed by atoms with Crippen LogP contribution in [0.4, 0.5) is 0 Å². The molecule has 2 aromatic carbocycles. The summed E-state index contributed by atoms with van der Waals surface area (Å²) in [4.78, 5) is 27.6. The summed E-state index contributed by atoms with van der Waals surface area (Å²) in [7, 11) is 0. The third kappa shape index (κ3) is 6.00. The lowest BCUT2D eigenvalue weighted by molar-refractivity contribution is 0.0736. The minimum absolute atomic E-state index is 0.0305. The minimum atomic E-state index is -0.802. The number of H-pyrrole nitrogens is 1. The van der Waals surface area contributed by atoms with Crippen LogP contribution in [0.1, 0.15) is 63.1 Å². The normalized spacial score (nSPS) is 13.3. The van der Waals surface area contributed by atoms with Gasteiger partial charge < -0.3 is 24.9 Å². The van der Waals surface area contributed by atoms with Crippen LogP contribution in [0.25, 0.3) is 10.9 Å². The van der Waals surface area contributed by atoms with E-state index in [0.29, 0.717) is 27.8 Å². The fourth-order valence-corrected chi connectivity index (χ4v) is 3.77. The number of benzene rings is 2. The van der Waals surface area contributed by atoms with E-state index >= 15 is 0 Å². The maximum Gasteiger partial charge on any atom is 0.343 e. The number of rotatable bonds is 9. The molecule has 0 amide bonds. The van der Waals surface area contributed by atoms with Crippen molar-refractivity contribution in [2.45, 2.75) is 65.3 Å². The van der Waals surface area contributed by atoms with E-state index in [1.54, 1.807) is 42.5 Å². The molecule has 3 rings (SSSR count). The lowest BCUT2D eigenvalue weighted by Crippen LogP contribution is -2.39. The molecule has 0 aliphatic carbocycles. The molecule has 2 atom stereocenters. The highest BCUT2D eigenvalue weighted by atomic mass is 16.5. The Balaban J connectivity index is 1.93. The first-order chi connectivity index (χ1) is 15.7. The van der Waals surface area contributed by atoms with Crippen LogP contribution in [-0.2, 0) is 0 Å². The predicted molar refractivity (Wildman–Crippen MR) is 129 cm³/mol. The van der Waals surface area contributed by atoms with Crippen LogP contribution in [0.2, 0.25) is 0 Å². The smallest absolute Gasteiger partial charge is 0.343 e. The fraction of sp³-hybridized carbons (Fsp3) is 0.385. The number of hydrogen-bond donors (Lipinski definition) is 3. The molecular weight excluding hydrogens is 420 g/mol. The van der Waals surface area contributed by atoms with Gasteiger partial charge in [0.2, 0.25) is 5.56 Å². The molecule has 7 nitrogen and oxygen atoms in total. The van der Waals surface area contributed by atoms with E-state index in [9.17, 15) is 14.7 Å². The second-order valence-corrected chi connectivity index (χ2v) is 8.63. The van der Waals surface area contributed by atoms with Crippen LogP contribution in [0.15, 0.2) is 53.3 Å². The van der Waals surface area contributed by atoms with Crippen LogP contribution in [0.3, 0.4) is 0 Å². The van der Waals surface area contributed by atoms with Crippen molar-refractivity contribution < 1.29 is 19.4 Å². The third-order valence-corrected chi connectivity index (χ3v) is 5.24. The summed E-state index contributed by atoms with van der Waals surface area (Å²) < 4.78 is 11.2. The van der Waals surface area contributed by atoms with E-state index in [1.807, 2.05) is 34.6 Å². The van der Waals surface area contributed by atoms with Crippen LogP contribution in [0, 0.1) is 0 Å². The van der Waals surface area contributed by atoms with Gasteiger partial charge in [-0.25, -0.2) is 4.79 Å². The summed E-state index contributed by atoms with van der Waals surface area (Å²) in [6, 6.07) is 13.1. The van der Waals surface area contributed by atoms with Crippen LogP contribution in [0.5, 0.6) is 11.5 Å². The number of aromatic amines is 1. The van der Waals surface area contributed by atoms with E-state index in [-0.39, 0.29) is 29.5 Å². The summed E-state index contributed by atoms with van der Waals surface area (Å²) in [5, 5.41) is 15.1. The molecule has 0 saturated carbocycles. The highest BCUT2D eigenvalue weighted by Crippen LogP contribution is 2.32. The molecule has 2 unspecified atom stereocenters. The molecule has 0 bridgehead atoms. The molecule has 0 aliphatic heterocycles. The second-order valence-electron chi connectivity index (χ2n) is 8.63. The van der Waals surface area contributed by atoms with Gasteiger partial charge in [-0.05, 0) is 62.2 Å². The Morgan fingerprint density at radius 2 is 1.73 bits per heavy atom. The molecule has 0 radical (unpaired) electrons. The summed E-state index contributed by atoms with van der Waals surface area (Å²) in [5.41, 5.74) is 1.05. The molecule has 1 heterocycles. The highest BCUT2D eigenvalue weighted by Gasteiger charge is 2.23. The standard InChI is InChI=1S/C26H32N2O5/c1-6-21(27-15(2)3)25(30)20-11-13-22(24-19(20)12-14-23(29)28-24)33-26(31)17-7-9-18(10-8-17)32-16(4)5/h7-16,21,25,27,30H,6H2,1-5H3,(H,28,29). The van der Waals surface area contributed by atoms with Gasteiger partial charge in [0.15, 0.2) is 5.75 Å². The number of aliphatic hydroxyl groups is 1. The Morgan fingerprint density at radius 3 is 2.33 bits per heavy atom. The molecule has 0 spiro atoms. The van der Waals surface area contributed by atoms with E-state index < -0.39 is 12.1 Å². The summed E-state index contributed by atoms with van der Waals surface area (Å²) in [6.45, 7) is 9.90. The Kier molecular flexibility index (Phi) is 7.89. The number of pyridine rings is 1. The minimum Gasteiger partial charge on any atom is -0.491 e. The lowest BCUT2D eigenvalue weighted by atomic mass is 9.95. The largest absolute Gasteiger partial charge is 0.491 e. The van der Waals surface area contributed by atoms with Gasteiger partial charge in [0.05, 0.1) is 23.3 Å². The molecule has 1 aromatic heterocycles. The fourth-order valence-electron chi connectivity index (χ4n) is 3.77. The molecule has 3 N–H and O–H groups in total. The zero-order valence-corrected chi connectivity index (χ0v) is 19.7. The number of aliphatic hydroxyl groups excluding tert-OH is 1. The molecule has 0 saturated heterocycles. The van der Waals surface area contributed by atoms with Crippen LogP contribution < -0.4 is 20.3 Å². The van der Waals surface area contributed by atoms with Crippen molar-refractivity contribution in [3.63, 3.8) is 0 Å². The SMILES string of the molecule is CCC(NC(C)C)C(O)c1ccc(OC(=O)c2ccc(OC(C)C)cc2)c2[nH]c(=O)ccc12. The zero-order valence-electron chi connectivity index (χ0n) is 19.7. The van der Waals surface area contributed by atoms with Crippen molar-refractivity contribution in [1.82, 2.24) is 10.3 Å². The number of nitrogens with one attached hydrogen (secondary N) is 2. The lowest BCUT2D eigenvalue weighted by Gasteiger charge is -2.26. The monoisotopic (exact) mass is 452 g/mol. The number of esters is 1. The van der Waals surface area contributed by atoms with Crippen LogP contribution >= 0.6 is 0 Å². The number of carbonyl (C=O) groups is 1. The van der Waals surface area contributed by atoms with Gasteiger partial charge in [0.25, 0.3) is 0 Å². The highest BCUT2D eigenvalue weighted by molar-refractivity contribution is 5.95. The summed E-state index contributed by atoms with van der Waals surface area (Å²) in [6.07, 6.45) is -0.0516. The number of hydrogen-bond acceptors (Lipinski definition) is 6. The molecular formula is C26H32N2O5. The van der Waals surface area contributed by atoms with Gasteiger partial charge in [-0.1, -0.05) is 26.8 Å². The Bertz CT molecular complexity index is 1150. The van der Waals surface area contributed by atoms with Crippen molar-refractivity contribution >= 4 is 16.9 Å². The van der Waals surface area contributed by atoms with Gasteiger partial charge in [-0.15, -0.1) is 0 Å². The number of ether oxygens (including phenoxy) is 2. The molecule has 7 heteroatoms. The average Bonchev–Trinajstić information content (AvgIpc) is 2.77. The van der Waals surface area contributed by atoms with Crippen LogP contribution in [-0.4, -0.2) is 34.2 Å². The topological polar surface area (TPSA) is 101 Å². The van der Waals surface area contributed by atoms with Gasteiger partial charge in [0, 0.05) is 23.5 Å². The molecule has 0 fully saturated rings. The number of aromatic nitrogens is 1. The van der Waals surface area contributed by atoms with E-state index in [1.165, 1.54) is 6.07 Å². The Morgan fingerprint density at radius 1 is 1.03 bits per heavy atom. The first-order valence-corrected chi connectivity index (χ1v) is 11.3. The number of carbonyl (C=O) groups excluding carboxylic acids is 1. The van der Waals surface area contributed by atoms with Crippen molar-refractivity contribution in [1.29, 1.82) is 0 Å². The van der Waals surface area contributed by atoms with Crippen molar-refractivity contribution in [3.05, 3.63) is 70.0 Å². The van der Waals surface area contributed by atoms with Crippen molar-refractivity contribution in [3.8, 4) is 11.5 Å². The van der Waals surface area contributed by atoms with Gasteiger partial charge >= 0.3 is 5.97 Å². The third-order valence-electron chi connectivity index (χ3n) is 5.24.